The molecule has 2 N–H and O–H groups in total. The van der Waals surface area contributed by atoms with Gasteiger partial charge in [-0.1, -0.05) is 31.4 Å². The minimum atomic E-state index is 0. The third kappa shape index (κ3) is 2.65. The van der Waals surface area contributed by atoms with Crippen molar-refractivity contribution in [3.05, 3.63) is 29.8 Å². The van der Waals surface area contributed by atoms with Crippen LogP contribution in [0.1, 0.15) is 43.6 Å². The summed E-state index contributed by atoms with van der Waals surface area (Å²) < 4.78 is 0. The Labute approximate surface area is 92.1 Å². The van der Waals surface area contributed by atoms with E-state index < -0.39 is 0 Å². The molecule has 2 rings (SSSR count). The largest absolute Gasteiger partial charge is 0.399 e. The zero-order chi connectivity index (χ0) is 9.10. The van der Waals surface area contributed by atoms with Crippen LogP contribution in [0, 0.1) is 0 Å². The molecule has 0 unspecified atom stereocenters. The molecule has 0 aliphatic heterocycles. The molecule has 0 radical (unpaired) electrons. The summed E-state index contributed by atoms with van der Waals surface area (Å²) in [5.74, 6) is 0.800. The lowest BCUT2D eigenvalue weighted by molar-refractivity contribution is 0.443. The summed E-state index contributed by atoms with van der Waals surface area (Å²) in [6, 6.07) is 8.41. The standard InChI is InChI=1S/C12H17N.ClH/c13-12-8-6-11(7-9-12)10-4-2-1-3-5-10;/h6-10H,1-5,13H2;1H. The Kier molecular flexibility index (Phi) is 4.27. The maximum atomic E-state index is 5.66. The molecule has 1 aromatic carbocycles. The summed E-state index contributed by atoms with van der Waals surface area (Å²) in [6.07, 6.45) is 6.95. The molecule has 1 nitrogen and oxygen atoms in total. The van der Waals surface area contributed by atoms with Gasteiger partial charge in [-0.3, -0.25) is 0 Å². The Morgan fingerprint density at radius 3 is 2.07 bits per heavy atom. The van der Waals surface area contributed by atoms with Gasteiger partial charge in [-0.2, -0.15) is 0 Å². The molecule has 14 heavy (non-hydrogen) atoms. The third-order valence-electron chi connectivity index (χ3n) is 3.01. The van der Waals surface area contributed by atoms with Crippen LogP contribution in [0.3, 0.4) is 0 Å². The van der Waals surface area contributed by atoms with Crippen molar-refractivity contribution in [3.8, 4) is 0 Å². The smallest absolute Gasteiger partial charge is 0.0314 e. The molecule has 0 heterocycles. The molecule has 78 valence electrons. The first kappa shape index (κ1) is 11.4. The second-order valence-corrected chi connectivity index (χ2v) is 4.00. The highest BCUT2D eigenvalue weighted by Gasteiger charge is 2.14. The first-order valence-electron chi connectivity index (χ1n) is 5.22. The minimum Gasteiger partial charge on any atom is -0.399 e. The van der Waals surface area contributed by atoms with E-state index in [1.54, 1.807) is 0 Å². The normalized spacial score (nSPS) is 17.4. The van der Waals surface area contributed by atoms with Gasteiger partial charge in [0, 0.05) is 5.69 Å². The molecule has 1 fully saturated rings. The Morgan fingerprint density at radius 1 is 0.929 bits per heavy atom. The zero-order valence-corrected chi connectivity index (χ0v) is 9.22. The summed E-state index contributed by atoms with van der Waals surface area (Å²) in [7, 11) is 0. The quantitative estimate of drug-likeness (QED) is 0.704. The summed E-state index contributed by atoms with van der Waals surface area (Å²) in [5.41, 5.74) is 8.01. The van der Waals surface area contributed by atoms with Crippen LogP contribution in [0.15, 0.2) is 24.3 Å². The van der Waals surface area contributed by atoms with Crippen LogP contribution in [0.4, 0.5) is 5.69 Å². The van der Waals surface area contributed by atoms with E-state index in [0.717, 1.165) is 11.6 Å². The van der Waals surface area contributed by atoms with Gasteiger partial charge in [-0.05, 0) is 36.5 Å². The van der Waals surface area contributed by atoms with Crippen LogP contribution in [-0.2, 0) is 0 Å². The van der Waals surface area contributed by atoms with Gasteiger partial charge in [-0.15, -0.1) is 12.4 Å². The van der Waals surface area contributed by atoms with Crippen LogP contribution in [0.25, 0.3) is 0 Å². The molecule has 1 saturated carbocycles. The lowest BCUT2D eigenvalue weighted by atomic mass is 9.84. The molecule has 1 aromatic rings. The van der Waals surface area contributed by atoms with Gasteiger partial charge < -0.3 is 5.73 Å². The molecule has 0 amide bonds. The number of rotatable bonds is 1. The molecule has 2 heteroatoms. The number of hydrogen-bond donors (Lipinski definition) is 1. The predicted molar refractivity (Wildman–Crippen MR) is 63.9 cm³/mol. The fourth-order valence-corrected chi connectivity index (χ4v) is 2.20. The maximum absolute atomic E-state index is 5.66. The summed E-state index contributed by atoms with van der Waals surface area (Å²) in [6.45, 7) is 0. The zero-order valence-electron chi connectivity index (χ0n) is 8.41. The van der Waals surface area contributed by atoms with E-state index in [1.807, 2.05) is 12.1 Å². The maximum Gasteiger partial charge on any atom is 0.0314 e. The molecular formula is C12H18ClN. The van der Waals surface area contributed by atoms with Crippen LogP contribution in [0.5, 0.6) is 0 Å². The van der Waals surface area contributed by atoms with Crippen LogP contribution in [-0.4, -0.2) is 0 Å². The monoisotopic (exact) mass is 211 g/mol. The van der Waals surface area contributed by atoms with Crippen LogP contribution < -0.4 is 5.73 Å². The molecule has 0 bridgehead atoms. The Balaban J connectivity index is 0.000000980. The summed E-state index contributed by atoms with van der Waals surface area (Å²) >= 11 is 0. The third-order valence-corrected chi connectivity index (χ3v) is 3.01. The minimum absolute atomic E-state index is 0. The van der Waals surface area contributed by atoms with Gasteiger partial charge in [0.2, 0.25) is 0 Å². The highest BCUT2D eigenvalue weighted by Crippen LogP contribution is 2.32. The molecule has 0 atom stereocenters. The number of benzene rings is 1. The second-order valence-electron chi connectivity index (χ2n) is 4.00. The van der Waals surface area contributed by atoms with E-state index in [4.69, 9.17) is 5.73 Å². The van der Waals surface area contributed by atoms with Crippen LogP contribution in [0.2, 0.25) is 0 Å². The summed E-state index contributed by atoms with van der Waals surface area (Å²) in [4.78, 5) is 0. The average Bonchev–Trinajstić information content (AvgIpc) is 2.20. The van der Waals surface area contributed by atoms with E-state index >= 15 is 0 Å². The van der Waals surface area contributed by atoms with E-state index in [-0.39, 0.29) is 12.4 Å². The number of nitrogens with two attached hydrogens (primary N) is 1. The molecule has 1 aliphatic carbocycles. The molecule has 0 aromatic heterocycles. The number of nitrogen functional groups attached to an aromatic ring is 1. The van der Waals surface area contributed by atoms with Crippen LogP contribution >= 0.6 is 12.4 Å². The van der Waals surface area contributed by atoms with Crippen molar-refractivity contribution in [1.82, 2.24) is 0 Å². The predicted octanol–water partition coefficient (Wildman–Crippen LogP) is 3.74. The van der Waals surface area contributed by atoms with E-state index in [0.29, 0.717) is 0 Å². The van der Waals surface area contributed by atoms with Gasteiger partial charge >= 0.3 is 0 Å². The molecule has 1 aliphatic rings. The van der Waals surface area contributed by atoms with Crippen molar-refractivity contribution in [2.45, 2.75) is 38.0 Å². The summed E-state index contributed by atoms with van der Waals surface area (Å²) in [5, 5.41) is 0. The van der Waals surface area contributed by atoms with E-state index in [9.17, 15) is 0 Å². The lowest BCUT2D eigenvalue weighted by Crippen LogP contribution is -2.04. The fourth-order valence-electron chi connectivity index (χ4n) is 2.20. The first-order chi connectivity index (χ1) is 6.36. The van der Waals surface area contributed by atoms with Gasteiger partial charge in [0.25, 0.3) is 0 Å². The topological polar surface area (TPSA) is 26.0 Å². The van der Waals surface area contributed by atoms with Gasteiger partial charge in [0.15, 0.2) is 0 Å². The second kappa shape index (κ2) is 5.26. The number of halogens is 1. The Morgan fingerprint density at radius 2 is 1.50 bits per heavy atom. The molecule has 0 saturated heterocycles. The SMILES string of the molecule is Cl.Nc1ccc(C2CCCCC2)cc1. The fraction of sp³-hybridized carbons (Fsp3) is 0.500. The Hall–Kier alpha value is -0.690. The average molecular weight is 212 g/mol. The molecular weight excluding hydrogens is 194 g/mol. The van der Waals surface area contributed by atoms with Crippen molar-refractivity contribution in [1.29, 1.82) is 0 Å². The van der Waals surface area contributed by atoms with Gasteiger partial charge in [0.05, 0.1) is 0 Å². The van der Waals surface area contributed by atoms with Gasteiger partial charge in [0.1, 0.15) is 0 Å². The first-order valence-corrected chi connectivity index (χ1v) is 5.22. The number of hydrogen-bond acceptors (Lipinski definition) is 1. The lowest BCUT2D eigenvalue weighted by Gasteiger charge is -2.21. The Bertz CT molecular complexity index is 262. The van der Waals surface area contributed by atoms with Gasteiger partial charge in [-0.25, -0.2) is 0 Å². The molecule has 0 spiro atoms. The van der Waals surface area contributed by atoms with Crippen molar-refractivity contribution in [3.63, 3.8) is 0 Å². The highest BCUT2D eigenvalue weighted by molar-refractivity contribution is 5.85. The highest BCUT2D eigenvalue weighted by atomic mass is 35.5. The number of anilines is 1. The van der Waals surface area contributed by atoms with Crippen molar-refractivity contribution >= 4 is 18.1 Å². The van der Waals surface area contributed by atoms with Crippen molar-refractivity contribution < 1.29 is 0 Å². The van der Waals surface area contributed by atoms with Crippen molar-refractivity contribution in [2.75, 3.05) is 5.73 Å². The van der Waals surface area contributed by atoms with E-state index in [1.165, 1.54) is 37.7 Å². The van der Waals surface area contributed by atoms with E-state index in [2.05, 4.69) is 12.1 Å². The van der Waals surface area contributed by atoms with Crippen molar-refractivity contribution in [2.24, 2.45) is 0 Å².